The van der Waals surface area contributed by atoms with Gasteiger partial charge in [0.05, 0.1) is 12.8 Å². The summed E-state index contributed by atoms with van der Waals surface area (Å²) < 4.78 is 5.38. The van der Waals surface area contributed by atoms with Crippen LogP contribution in [-0.2, 0) is 12.0 Å². The predicted molar refractivity (Wildman–Crippen MR) is 123 cm³/mol. The van der Waals surface area contributed by atoms with Crippen LogP contribution in [0.1, 0.15) is 37.9 Å². The van der Waals surface area contributed by atoms with E-state index in [1.165, 1.54) is 5.56 Å². The van der Waals surface area contributed by atoms with Gasteiger partial charge < -0.3 is 15.4 Å². The van der Waals surface area contributed by atoms with Gasteiger partial charge in [-0.3, -0.25) is 14.9 Å². The molecule has 1 aromatic carbocycles. The molecule has 0 radical (unpaired) electrons. The number of aromatic nitrogens is 1. The lowest BCUT2D eigenvalue weighted by Crippen LogP contribution is -2.50. The Morgan fingerprint density at radius 1 is 1.20 bits per heavy atom. The van der Waals surface area contributed by atoms with Crippen LogP contribution in [0.4, 0.5) is 0 Å². The average molecular weight is 410 g/mol. The summed E-state index contributed by atoms with van der Waals surface area (Å²) in [5.41, 5.74) is 2.34. The summed E-state index contributed by atoms with van der Waals surface area (Å²) in [5.74, 6) is 1.76. The molecule has 162 valence electrons. The standard InChI is InChI=1S/C24H35N5O/c1-24(2,19-8-7-10-22(16-19)30-4)18-27-23(25-3)28-20-11-14-29(15-12-20)17-21-9-5-6-13-26-21/h5-10,13,16,20H,11-12,14-15,17-18H2,1-4H3,(H2,25,27,28). The van der Waals surface area contributed by atoms with E-state index in [0.29, 0.717) is 6.04 Å². The fourth-order valence-corrected chi connectivity index (χ4v) is 3.79. The molecule has 30 heavy (non-hydrogen) atoms. The minimum atomic E-state index is -0.0434. The van der Waals surface area contributed by atoms with E-state index in [2.05, 4.69) is 63.6 Å². The Balaban J connectivity index is 1.47. The summed E-state index contributed by atoms with van der Waals surface area (Å²) in [5, 5.41) is 7.13. The maximum atomic E-state index is 5.38. The van der Waals surface area contributed by atoms with Gasteiger partial charge in [-0.15, -0.1) is 0 Å². The molecule has 0 spiro atoms. The Labute approximate surface area is 180 Å². The number of nitrogens with zero attached hydrogens (tertiary/aromatic N) is 3. The molecule has 6 heteroatoms. The molecule has 0 aliphatic carbocycles. The van der Waals surface area contributed by atoms with Crippen molar-refractivity contribution in [1.29, 1.82) is 0 Å². The fraction of sp³-hybridized carbons (Fsp3) is 0.500. The van der Waals surface area contributed by atoms with Crippen molar-refractivity contribution < 1.29 is 4.74 Å². The number of hydrogen-bond acceptors (Lipinski definition) is 4. The van der Waals surface area contributed by atoms with Gasteiger partial charge >= 0.3 is 0 Å². The van der Waals surface area contributed by atoms with E-state index in [0.717, 1.165) is 56.4 Å². The van der Waals surface area contributed by atoms with Crippen LogP contribution >= 0.6 is 0 Å². The monoisotopic (exact) mass is 409 g/mol. The Morgan fingerprint density at radius 3 is 2.67 bits per heavy atom. The molecule has 1 saturated heterocycles. The highest BCUT2D eigenvalue weighted by Crippen LogP contribution is 2.25. The number of pyridine rings is 1. The predicted octanol–water partition coefficient (Wildman–Crippen LogP) is 3.20. The van der Waals surface area contributed by atoms with Gasteiger partial charge in [0, 0.05) is 50.9 Å². The van der Waals surface area contributed by atoms with Crippen LogP contribution in [0.5, 0.6) is 5.75 Å². The summed E-state index contributed by atoms with van der Waals surface area (Å²) >= 11 is 0. The molecule has 2 aromatic rings. The maximum Gasteiger partial charge on any atom is 0.191 e. The number of rotatable bonds is 7. The summed E-state index contributed by atoms with van der Waals surface area (Å²) in [4.78, 5) is 11.4. The second-order valence-corrected chi connectivity index (χ2v) is 8.56. The van der Waals surface area contributed by atoms with E-state index in [1.54, 1.807) is 7.11 Å². The largest absolute Gasteiger partial charge is 0.497 e. The molecule has 0 atom stereocenters. The van der Waals surface area contributed by atoms with Gasteiger partial charge in [0.1, 0.15) is 5.75 Å². The van der Waals surface area contributed by atoms with Crippen LogP contribution in [0, 0.1) is 0 Å². The van der Waals surface area contributed by atoms with Crippen LogP contribution in [0.2, 0.25) is 0 Å². The van der Waals surface area contributed by atoms with Crippen LogP contribution < -0.4 is 15.4 Å². The van der Waals surface area contributed by atoms with Gasteiger partial charge in [0.15, 0.2) is 5.96 Å². The molecule has 2 heterocycles. The zero-order valence-corrected chi connectivity index (χ0v) is 18.7. The van der Waals surface area contributed by atoms with E-state index < -0.39 is 0 Å². The smallest absolute Gasteiger partial charge is 0.191 e. The number of nitrogens with one attached hydrogen (secondary N) is 2. The maximum absolute atomic E-state index is 5.38. The van der Waals surface area contributed by atoms with Crippen molar-refractivity contribution in [3.63, 3.8) is 0 Å². The zero-order valence-electron chi connectivity index (χ0n) is 18.7. The first-order chi connectivity index (χ1) is 14.5. The Bertz CT molecular complexity index is 813. The Hall–Kier alpha value is -2.60. The van der Waals surface area contributed by atoms with Gasteiger partial charge in [-0.25, -0.2) is 0 Å². The van der Waals surface area contributed by atoms with Gasteiger partial charge in [-0.05, 0) is 42.7 Å². The number of guanidine groups is 1. The van der Waals surface area contributed by atoms with Gasteiger partial charge in [0.2, 0.25) is 0 Å². The van der Waals surface area contributed by atoms with E-state index in [-0.39, 0.29) is 5.41 Å². The second-order valence-electron chi connectivity index (χ2n) is 8.56. The second kappa shape index (κ2) is 10.4. The van der Waals surface area contributed by atoms with E-state index in [4.69, 9.17) is 4.74 Å². The van der Waals surface area contributed by atoms with Crippen molar-refractivity contribution in [3.8, 4) is 5.75 Å². The third-order valence-corrected chi connectivity index (χ3v) is 5.81. The summed E-state index contributed by atoms with van der Waals surface area (Å²) in [6.45, 7) is 8.32. The highest BCUT2D eigenvalue weighted by Gasteiger charge is 2.23. The summed E-state index contributed by atoms with van der Waals surface area (Å²) in [6.07, 6.45) is 4.08. The van der Waals surface area contributed by atoms with E-state index in [1.807, 2.05) is 31.4 Å². The minimum absolute atomic E-state index is 0.0434. The normalized spacial score (nSPS) is 16.3. The molecule has 0 amide bonds. The molecule has 1 aromatic heterocycles. The third-order valence-electron chi connectivity index (χ3n) is 5.81. The van der Waals surface area contributed by atoms with Gasteiger partial charge in [-0.1, -0.05) is 32.0 Å². The van der Waals surface area contributed by atoms with Crippen LogP contribution in [0.15, 0.2) is 53.7 Å². The van der Waals surface area contributed by atoms with Crippen molar-refractivity contribution in [3.05, 3.63) is 59.9 Å². The minimum Gasteiger partial charge on any atom is -0.497 e. The number of ether oxygens (including phenoxy) is 1. The molecule has 2 N–H and O–H groups in total. The topological polar surface area (TPSA) is 61.8 Å². The number of benzene rings is 1. The highest BCUT2D eigenvalue weighted by molar-refractivity contribution is 5.80. The van der Waals surface area contributed by atoms with Crippen molar-refractivity contribution in [1.82, 2.24) is 20.5 Å². The molecule has 0 unspecified atom stereocenters. The number of hydrogen-bond donors (Lipinski definition) is 2. The number of likely N-dealkylation sites (tertiary alicyclic amines) is 1. The fourth-order valence-electron chi connectivity index (χ4n) is 3.79. The van der Waals surface area contributed by atoms with Gasteiger partial charge in [0.25, 0.3) is 0 Å². The Morgan fingerprint density at radius 2 is 2.00 bits per heavy atom. The number of piperidine rings is 1. The highest BCUT2D eigenvalue weighted by atomic mass is 16.5. The quantitative estimate of drug-likeness (QED) is 0.543. The third kappa shape index (κ3) is 6.20. The van der Waals surface area contributed by atoms with Crippen molar-refractivity contribution >= 4 is 5.96 Å². The lowest BCUT2D eigenvalue weighted by atomic mass is 9.84. The number of aliphatic imine (C=N–C) groups is 1. The SMILES string of the molecule is CN=C(NCC(C)(C)c1cccc(OC)c1)NC1CCN(Cc2ccccn2)CC1. The average Bonchev–Trinajstić information content (AvgIpc) is 2.78. The first-order valence-corrected chi connectivity index (χ1v) is 10.7. The van der Waals surface area contributed by atoms with Crippen molar-refractivity contribution in [2.45, 2.75) is 44.7 Å². The van der Waals surface area contributed by atoms with Gasteiger partial charge in [-0.2, -0.15) is 0 Å². The van der Waals surface area contributed by atoms with Crippen LogP contribution in [0.25, 0.3) is 0 Å². The molecular weight excluding hydrogens is 374 g/mol. The molecular formula is C24H35N5O. The summed E-state index contributed by atoms with van der Waals surface area (Å²) in [6, 6.07) is 14.8. The van der Waals surface area contributed by atoms with Crippen molar-refractivity contribution in [2.24, 2.45) is 4.99 Å². The lowest BCUT2D eigenvalue weighted by Gasteiger charge is -2.33. The molecule has 0 saturated carbocycles. The van der Waals surface area contributed by atoms with E-state index in [9.17, 15) is 0 Å². The first kappa shape index (κ1) is 22.1. The van der Waals surface area contributed by atoms with Crippen molar-refractivity contribution in [2.75, 3.05) is 33.8 Å². The molecule has 1 aliphatic heterocycles. The lowest BCUT2D eigenvalue weighted by molar-refractivity contribution is 0.196. The molecule has 1 fully saturated rings. The van der Waals surface area contributed by atoms with Crippen LogP contribution in [-0.4, -0.2) is 55.7 Å². The van der Waals surface area contributed by atoms with E-state index >= 15 is 0 Å². The zero-order chi connectivity index (χ0) is 21.4. The first-order valence-electron chi connectivity index (χ1n) is 10.7. The summed E-state index contributed by atoms with van der Waals surface area (Å²) in [7, 11) is 3.54. The molecule has 6 nitrogen and oxygen atoms in total. The Kier molecular flexibility index (Phi) is 7.69. The molecule has 1 aliphatic rings. The molecule has 0 bridgehead atoms. The molecule has 3 rings (SSSR count). The van der Waals surface area contributed by atoms with Crippen LogP contribution in [0.3, 0.4) is 0 Å². The number of methoxy groups -OCH3 is 1.